The molecule has 4 nitrogen and oxygen atoms in total. The van der Waals surface area contributed by atoms with Gasteiger partial charge in [0.15, 0.2) is 0 Å². The average molecular weight is 223 g/mol. The summed E-state index contributed by atoms with van der Waals surface area (Å²) in [5.74, 6) is 5.50. The van der Waals surface area contributed by atoms with Gasteiger partial charge in [0.05, 0.1) is 12.1 Å². The Labute approximate surface area is 97.2 Å². The van der Waals surface area contributed by atoms with Crippen molar-refractivity contribution in [2.24, 2.45) is 5.84 Å². The minimum atomic E-state index is 0.0673. The maximum Gasteiger partial charge on any atom is 0.0713 e. The van der Waals surface area contributed by atoms with E-state index in [1.807, 2.05) is 19.2 Å². The van der Waals surface area contributed by atoms with E-state index in [1.54, 1.807) is 7.11 Å². The van der Waals surface area contributed by atoms with Crippen LogP contribution in [0.3, 0.4) is 0 Å². The first-order chi connectivity index (χ1) is 7.71. The van der Waals surface area contributed by atoms with Gasteiger partial charge in [0.25, 0.3) is 0 Å². The summed E-state index contributed by atoms with van der Waals surface area (Å²) in [5.41, 5.74) is 5.05. The first-order valence-electron chi connectivity index (χ1n) is 5.64. The molecule has 4 heteroatoms. The third-order valence-electron chi connectivity index (χ3n) is 2.88. The molecule has 0 aliphatic carbocycles. The van der Waals surface area contributed by atoms with Crippen molar-refractivity contribution in [1.82, 2.24) is 10.4 Å². The molecule has 0 aromatic carbocycles. The summed E-state index contributed by atoms with van der Waals surface area (Å²) in [4.78, 5) is 4.40. The lowest BCUT2D eigenvalue weighted by Gasteiger charge is -2.21. The van der Waals surface area contributed by atoms with Crippen LogP contribution in [-0.4, -0.2) is 24.2 Å². The van der Waals surface area contributed by atoms with Gasteiger partial charge in [-0.15, -0.1) is 0 Å². The number of aromatic nitrogens is 1. The number of hydrogen-bond donors (Lipinski definition) is 2. The number of nitrogens with one attached hydrogen (secondary N) is 1. The molecule has 0 radical (unpaired) electrons. The number of pyridine rings is 1. The fourth-order valence-corrected chi connectivity index (χ4v) is 1.53. The van der Waals surface area contributed by atoms with E-state index in [2.05, 4.69) is 23.4 Å². The average Bonchev–Trinajstić information content (AvgIpc) is 2.35. The second-order valence-corrected chi connectivity index (χ2v) is 3.93. The van der Waals surface area contributed by atoms with Crippen molar-refractivity contribution in [3.63, 3.8) is 0 Å². The molecule has 3 N–H and O–H groups in total. The molecule has 1 aromatic rings. The smallest absolute Gasteiger partial charge is 0.0713 e. The van der Waals surface area contributed by atoms with Gasteiger partial charge < -0.3 is 4.74 Å². The first kappa shape index (κ1) is 13.1. The van der Waals surface area contributed by atoms with Crippen LogP contribution >= 0.6 is 0 Å². The number of hydrazine groups is 1. The Kier molecular flexibility index (Phi) is 5.38. The predicted octanol–water partition coefficient (Wildman–Crippen LogP) is 1.05. The van der Waals surface area contributed by atoms with Crippen molar-refractivity contribution in [1.29, 1.82) is 0 Å². The Morgan fingerprint density at radius 2 is 2.25 bits per heavy atom. The van der Waals surface area contributed by atoms with Crippen LogP contribution in [0, 0.1) is 0 Å². The summed E-state index contributed by atoms with van der Waals surface area (Å²) in [6.07, 6.45) is 3.77. The summed E-state index contributed by atoms with van der Waals surface area (Å²) in [6, 6.07) is 4.24. The summed E-state index contributed by atoms with van der Waals surface area (Å²) < 4.78 is 5.25. The van der Waals surface area contributed by atoms with Gasteiger partial charge in [-0.1, -0.05) is 13.0 Å². The SMILES string of the molecule is CCc1ccc(CC(NN)C(C)OC)nc1. The lowest BCUT2D eigenvalue weighted by Crippen LogP contribution is -2.45. The van der Waals surface area contributed by atoms with Gasteiger partial charge in [0.2, 0.25) is 0 Å². The molecule has 0 spiro atoms. The number of hydrogen-bond acceptors (Lipinski definition) is 4. The van der Waals surface area contributed by atoms with Gasteiger partial charge in [-0.05, 0) is 25.0 Å². The highest BCUT2D eigenvalue weighted by molar-refractivity contribution is 5.14. The van der Waals surface area contributed by atoms with Crippen molar-refractivity contribution in [2.75, 3.05) is 7.11 Å². The highest BCUT2D eigenvalue weighted by Gasteiger charge is 2.16. The fraction of sp³-hybridized carbons (Fsp3) is 0.583. The van der Waals surface area contributed by atoms with Crippen LogP contribution in [0.15, 0.2) is 18.3 Å². The van der Waals surface area contributed by atoms with E-state index in [0.717, 1.165) is 18.5 Å². The Morgan fingerprint density at radius 3 is 2.69 bits per heavy atom. The van der Waals surface area contributed by atoms with E-state index in [4.69, 9.17) is 10.6 Å². The van der Waals surface area contributed by atoms with Crippen LogP contribution in [0.2, 0.25) is 0 Å². The molecule has 0 amide bonds. The predicted molar refractivity (Wildman–Crippen MR) is 64.9 cm³/mol. The molecule has 2 atom stereocenters. The van der Waals surface area contributed by atoms with Crippen LogP contribution in [0.1, 0.15) is 25.1 Å². The molecule has 16 heavy (non-hydrogen) atoms. The molecule has 0 aliphatic heterocycles. The molecule has 0 saturated carbocycles. The highest BCUT2D eigenvalue weighted by atomic mass is 16.5. The highest BCUT2D eigenvalue weighted by Crippen LogP contribution is 2.07. The van der Waals surface area contributed by atoms with Gasteiger partial charge >= 0.3 is 0 Å². The summed E-state index contributed by atoms with van der Waals surface area (Å²) in [5, 5.41) is 0. The Balaban J connectivity index is 2.63. The first-order valence-corrected chi connectivity index (χ1v) is 5.64. The zero-order valence-electron chi connectivity index (χ0n) is 10.2. The van der Waals surface area contributed by atoms with Crippen LogP contribution in [-0.2, 0) is 17.6 Å². The zero-order chi connectivity index (χ0) is 12.0. The minimum Gasteiger partial charge on any atom is -0.380 e. The van der Waals surface area contributed by atoms with Crippen molar-refractivity contribution in [3.05, 3.63) is 29.6 Å². The molecular formula is C12H21N3O. The van der Waals surface area contributed by atoms with Crippen molar-refractivity contribution >= 4 is 0 Å². The third-order valence-corrected chi connectivity index (χ3v) is 2.88. The number of nitrogens with two attached hydrogens (primary N) is 1. The van der Waals surface area contributed by atoms with E-state index < -0.39 is 0 Å². The van der Waals surface area contributed by atoms with Gasteiger partial charge in [0.1, 0.15) is 0 Å². The molecular weight excluding hydrogens is 202 g/mol. The Bertz CT molecular complexity index is 300. The Hall–Kier alpha value is -0.970. The minimum absolute atomic E-state index is 0.0673. The molecule has 2 unspecified atom stereocenters. The maximum atomic E-state index is 5.50. The molecule has 0 aliphatic rings. The molecule has 0 fully saturated rings. The molecule has 1 aromatic heterocycles. The molecule has 90 valence electrons. The summed E-state index contributed by atoms with van der Waals surface area (Å²) in [6.45, 7) is 4.11. The van der Waals surface area contributed by atoms with Gasteiger partial charge in [0, 0.05) is 25.4 Å². The number of ether oxygens (including phenoxy) is 1. The van der Waals surface area contributed by atoms with E-state index in [1.165, 1.54) is 5.56 Å². The lowest BCUT2D eigenvalue weighted by atomic mass is 10.1. The zero-order valence-corrected chi connectivity index (χ0v) is 10.2. The number of rotatable bonds is 6. The monoisotopic (exact) mass is 223 g/mol. The van der Waals surface area contributed by atoms with Gasteiger partial charge in [-0.3, -0.25) is 16.3 Å². The number of nitrogens with zero attached hydrogens (tertiary/aromatic N) is 1. The summed E-state index contributed by atoms with van der Waals surface area (Å²) >= 11 is 0. The second kappa shape index (κ2) is 6.58. The van der Waals surface area contributed by atoms with E-state index in [0.29, 0.717) is 0 Å². The van der Waals surface area contributed by atoms with Crippen LogP contribution < -0.4 is 11.3 Å². The number of aryl methyl sites for hydroxylation is 1. The molecule has 0 saturated heterocycles. The van der Waals surface area contributed by atoms with Crippen molar-refractivity contribution in [3.8, 4) is 0 Å². The number of methoxy groups -OCH3 is 1. The molecule has 1 heterocycles. The summed E-state index contributed by atoms with van der Waals surface area (Å²) in [7, 11) is 1.68. The van der Waals surface area contributed by atoms with Gasteiger partial charge in [-0.2, -0.15) is 0 Å². The van der Waals surface area contributed by atoms with Crippen LogP contribution in [0.25, 0.3) is 0 Å². The second-order valence-electron chi connectivity index (χ2n) is 3.93. The van der Waals surface area contributed by atoms with E-state index >= 15 is 0 Å². The quantitative estimate of drug-likeness (QED) is 0.559. The van der Waals surface area contributed by atoms with Crippen molar-refractivity contribution < 1.29 is 4.74 Å². The standard InChI is InChI=1S/C12H21N3O/c1-4-10-5-6-11(14-8-10)7-12(15-13)9(2)16-3/h5-6,8-9,12,15H,4,7,13H2,1-3H3. The fourth-order valence-electron chi connectivity index (χ4n) is 1.53. The lowest BCUT2D eigenvalue weighted by molar-refractivity contribution is 0.0828. The van der Waals surface area contributed by atoms with Crippen LogP contribution in [0.5, 0.6) is 0 Å². The van der Waals surface area contributed by atoms with Gasteiger partial charge in [-0.25, -0.2) is 0 Å². The topological polar surface area (TPSA) is 60.2 Å². The van der Waals surface area contributed by atoms with Crippen LogP contribution in [0.4, 0.5) is 0 Å². The molecule has 0 bridgehead atoms. The van der Waals surface area contributed by atoms with E-state index in [-0.39, 0.29) is 12.1 Å². The Morgan fingerprint density at radius 1 is 1.50 bits per heavy atom. The maximum absolute atomic E-state index is 5.50. The third kappa shape index (κ3) is 3.56. The molecule has 1 rings (SSSR count). The largest absolute Gasteiger partial charge is 0.380 e. The van der Waals surface area contributed by atoms with Crippen molar-refractivity contribution in [2.45, 2.75) is 38.8 Å². The normalized spacial score (nSPS) is 14.8. The van der Waals surface area contributed by atoms with E-state index in [9.17, 15) is 0 Å².